The molecule has 0 radical (unpaired) electrons. The lowest BCUT2D eigenvalue weighted by Crippen LogP contribution is -2.48. The van der Waals surface area contributed by atoms with Crippen LogP contribution in [0.5, 0.6) is 0 Å². The highest BCUT2D eigenvalue weighted by Crippen LogP contribution is 2.22. The van der Waals surface area contributed by atoms with E-state index >= 15 is 0 Å². The zero-order chi connectivity index (χ0) is 12.9. The minimum Gasteiger partial charge on any atom is -0.375 e. The van der Waals surface area contributed by atoms with Crippen LogP contribution >= 0.6 is 35.7 Å². The van der Waals surface area contributed by atoms with Crippen LogP contribution < -0.4 is 5.73 Å². The molecule has 0 amide bonds. The van der Waals surface area contributed by atoms with Crippen LogP contribution in [0.25, 0.3) is 0 Å². The molecule has 0 saturated carbocycles. The lowest BCUT2D eigenvalue weighted by Gasteiger charge is -2.31. The molecule has 4 nitrogen and oxygen atoms in total. The summed E-state index contributed by atoms with van der Waals surface area (Å²) in [5.74, 6) is 1.68. The molecule has 18 heavy (non-hydrogen) atoms. The van der Waals surface area contributed by atoms with Crippen LogP contribution in [-0.2, 0) is 4.74 Å². The molecule has 0 aromatic heterocycles. The van der Waals surface area contributed by atoms with Gasteiger partial charge in [0.05, 0.1) is 19.3 Å². The largest absolute Gasteiger partial charge is 0.375 e. The Morgan fingerprint density at radius 1 is 1.50 bits per heavy atom. The Morgan fingerprint density at radius 3 is 2.72 bits per heavy atom. The fraction of sp³-hybridized carbons (Fsp3) is 0.917. The van der Waals surface area contributed by atoms with Gasteiger partial charge in [0.1, 0.15) is 0 Å². The topological polar surface area (TPSA) is 50.8 Å². The summed E-state index contributed by atoms with van der Waals surface area (Å²) < 4.78 is 5.78. The van der Waals surface area contributed by atoms with Gasteiger partial charge in [0.2, 0.25) is 0 Å². The molecule has 1 heterocycles. The van der Waals surface area contributed by atoms with Gasteiger partial charge in [0, 0.05) is 23.6 Å². The molecule has 0 aromatic rings. The Bertz CT molecular complexity index is 269. The van der Waals surface area contributed by atoms with E-state index in [1.54, 1.807) is 0 Å². The predicted molar refractivity (Wildman–Crippen MR) is 91.1 cm³/mol. The molecule has 6 heteroatoms. The van der Waals surface area contributed by atoms with Crippen molar-refractivity contribution in [3.63, 3.8) is 0 Å². The van der Waals surface area contributed by atoms with E-state index in [2.05, 4.69) is 37.6 Å². The van der Waals surface area contributed by atoms with Gasteiger partial charge in [0.15, 0.2) is 5.96 Å². The number of guanidine groups is 1. The second kappa shape index (κ2) is 8.47. The zero-order valence-corrected chi connectivity index (χ0v) is 15.0. The van der Waals surface area contributed by atoms with Crippen molar-refractivity contribution < 1.29 is 4.74 Å². The van der Waals surface area contributed by atoms with Gasteiger partial charge in [-0.2, -0.15) is 11.8 Å². The second-order valence-electron chi connectivity index (χ2n) is 5.33. The fourth-order valence-electron chi connectivity index (χ4n) is 1.64. The fourth-order valence-corrected chi connectivity index (χ4v) is 2.43. The van der Waals surface area contributed by atoms with Crippen LogP contribution in [0.4, 0.5) is 0 Å². The van der Waals surface area contributed by atoms with Crippen molar-refractivity contribution in [2.75, 3.05) is 32.0 Å². The summed E-state index contributed by atoms with van der Waals surface area (Å²) in [4.78, 5) is 6.54. The van der Waals surface area contributed by atoms with Gasteiger partial charge in [-0.05, 0) is 6.92 Å². The van der Waals surface area contributed by atoms with Crippen molar-refractivity contribution in [2.24, 2.45) is 10.7 Å². The van der Waals surface area contributed by atoms with E-state index < -0.39 is 0 Å². The van der Waals surface area contributed by atoms with Gasteiger partial charge in [-0.3, -0.25) is 4.99 Å². The highest BCUT2D eigenvalue weighted by Gasteiger charge is 2.17. The van der Waals surface area contributed by atoms with Gasteiger partial charge in [-0.15, -0.1) is 24.0 Å². The number of aliphatic imine (C=N–C) groups is 1. The van der Waals surface area contributed by atoms with Crippen LogP contribution in [0.2, 0.25) is 0 Å². The Kier molecular flexibility index (Phi) is 8.62. The summed E-state index contributed by atoms with van der Waals surface area (Å²) in [5, 5.41) is 0. The first-order valence-electron chi connectivity index (χ1n) is 6.19. The molecule has 1 fully saturated rings. The number of thioether (sulfide) groups is 1. The minimum atomic E-state index is 0. The number of morpholine rings is 1. The van der Waals surface area contributed by atoms with Gasteiger partial charge < -0.3 is 15.4 Å². The maximum absolute atomic E-state index is 5.97. The molecule has 1 saturated heterocycles. The second-order valence-corrected chi connectivity index (χ2v) is 7.25. The van der Waals surface area contributed by atoms with Crippen molar-refractivity contribution in [2.45, 2.75) is 38.5 Å². The third-order valence-electron chi connectivity index (χ3n) is 2.47. The molecule has 0 aromatic carbocycles. The molecule has 1 rings (SSSR count). The van der Waals surface area contributed by atoms with E-state index in [-0.39, 0.29) is 30.1 Å². The summed E-state index contributed by atoms with van der Waals surface area (Å²) in [6, 6.07) is 0. The normalized spacial score (nSPS) is 21.7. The smallest absolute Gasteiger partial charge is 0.191 e. The number of nitrogens with zero attached hydrogens (tertiary/aromatic N) is 2. The van der Waals surface area contributed by atoms with Gasteiger partial charge in [-0.25, -0.2) is 0 Å². The van der Waals surface area contributed by atoms with E-state index in [0.29, 0.717) is 10.7 Å². The molecule has 0 aliphatic carbocycles. The summed E-state index contributed by atoms with van der Waals surface area (Å²) in [5.41, 5.74) is 5.97. The van der Waals surface area contributed by atoms with Crippen LogP contribution in [-0.4, -0.2) is 53.7 Å². The Morgan fingerprint density at radius 2 is 2.17 bits per heavy atom. The number of nitrogens with two attached hydrogens (primary N) is 1. The molecule has 0 spiro atoms. The maximum Gasteiger partial charge on any atom is 0.191 e. The Hall–Kier alpha value is 0.310. The van der Waals surface area contributed by atoms with Gasteiger partial charge >= 0.3 is 0 Å². The third-order valence-corrected chi connectivity index (χ3v) is 3.72. The SMILES string of the molecule is CC1CN(C(N)=NCCSC(C)(C)C)CCO1.I. The standard InChI is InChI=1S/C12H25N3OS.HI/c1-10-9-15(6-7-16-10)11(13)14-5-8-17-12(2,3)4;/h10H,5-9H2,1-4H3,(H2,13,14);1H. The summed E-state index contributed by atoms with van der Waals surface area (Å²) in [7, 11) is 0. The van der Waals surface area contributed by atoms with Crippen molar-refractivity contribution in [3.05, 3.63) is 0 Å². The number of hydrogen-bond acceptors (Lipinski definition) is 3. The van der Waals surface area contributed by atoms with Gasteiger partial charge in [0.25, 0.3) is 0 Å². The monoisotopic (exact) mass is 387 g/mol. The average molecular weight is 387 g/mol. The number of rotatable bonds is 3. The van der Waals surface area contributed by atoms with E-state index in [1.807, 2.05) is 11.8 Å². The summed E-state index contributed by atoms with van der Waals surface area (Å²) in [6.45, 7) is 12.0. The first kappa shape index (κ1) is 18.3. The zero-order valence-electron chi connectivity index (χ0n) is 11.8. The molecule has 108 valence electrons. The molecule has 1 aliphatic rings. The average Bonchev–Trinajstić information content (AvgIpc) is 2.23. The highest BCUT2D eigenvalue weighted by molar-refractivity contribution is 14.0. The first-order valence-corrected chi connectivity index (χ1v) is 7.17. The highest BCUT2D eigenvalue weighted by atomic mass is 127. The lowest BCUT2D eigenvalue weighted by molar-refractivity contribution is 0.00531. The van der Waals surface area contributed by atoms with Crippen LogP contribution in [0.3, 0.4) is 0 Å². The van der Waals surface area contributed by atoms with E-state index in [9.17, 15) is 0 Å². The Labute approximate surface area is 132 Å². The van der Waals surface area contributed by atoms with E-state index in [0.717, 1.165) is 32.0 Å². The Balaban J connectivity index is 0.00000289. The van der Waals surface area contributed by atoms with Crippen LogP contribution in [0, 0.1) is 0 Å². The van der Waals surface area contributed by atoms with Crippen molar-refractivity contribution in [1.29, 1.82) is 0 Å². The van der Waals surface area contributed by atoms with Crippen molar-refractivity contribution in [3.8, 4) is 0 Å². The van der Waals surface area contributed by atoms with E-state index in [4.69, 9.17) is 10.5 Å². The summed E-state index contributed by atoms with van der Waals surface area (Å²) in [6.07, 6.45) is 0.251. The molecule has 2 N–H and O–H groups in total. The minimum absolute atomic E-state index is 0. The molecular formula is C12H26IN3OS. The quantitative estimate of drug-likeness (QED) is 0.349. The maximum atomic E-state index is 5.97. The molecule has 1 atom stereocenters. The number of ether oxygens (including phenoxy) is 1. The summed E-state index contributed by atoms with van der Waals surface area (Å²) >= 11 is 1.92. The van der Waals surface area contributed by atoms with E-state index in [1.165, 1.54) is 0 Å². The molecule has 0 bridgehead atoms. The van der Waals surface area contributed by atoms with Crippen LogP contribution in [0.15, 0.2) is 4.99 Å². The first-order chi connectivity index (χ1) is 7.88. The van der Waals surface area contributed by atoms with Gasteiger partial charge in [-0.1, -0.05) is 20.8 Å². The molecular weight excluding hydrogens is 361 g/mol. The van der Waals surface area contributed by atoms with Crippen molar-refractivity contribution >= 4 is 41.7 Å². The number of hydrogen-bond donors (Lipinski definition) is 1. The number of halogens is 1. The molecule has 1 unspecified atom stereocenters. The van der Waals surface area contributed by atoms with Crippen molar-refractivity contribution in [1.82, 2.24) is 4.90 Å². The lowest BCUT2D eigenvalue weighted by atomic mass is 10.3. The third kappa shape index (κ3) is 7.68. The predicted octanol–water partition coefficient (Wildman–Crippen LogP) is 2.17. The van der Waals surface area contributed by atoms with Crippen LogP contribution in [0.1, 0.15) is 27.7 Å². The molecule has 1 aliphatic heterocycles.